The quantitative estimate of drug-likeness (QED) is 0.742. The number of piperazine rings is 1. The van der Waals surface area contributed by atoms with E-state index in [1.165, 1.54) is 0 Å². The molecule has 0 aromatic carbocycles. The normalized spacial score (nSPS) is 21.6. The third-order valence-corrected chi connectivity index (χ3v) is 2.78. The molecule has 1 atom stereocenters. The first-order valence-electron chi connectivity index (χ1n) is 5.45. The van der Waals surface area contributed by atoms with E-state index in [0.29, 0.717) is 6.54 Å². The Kier molecular flexibility index (Phi) is 3.81. The molecule has 1 aromatic heterocycles. The van der Waals surface area contributed by atoms with Gasteiger partial charge in [0.05, 0.1) is 24.5 Å². The summed E-state index contributed by atoms with van der Waals surface area (Å²) in [4.78, 5) is 14.2. The molecule has 16 heavy (non-hydrogen) atoms. The molecule has 5 heteroatoms. The Morgan fingerprint density at radius 1 is 1.56 bits per heavy atom. The van der Waals surface area contributed by atoms with Crippen molar-refractivity contribution in [1.29, 1.82) is 0 Å². The molecule has 0 saturated carbocycles. The van der Waals surface area contributed by atoms with Gasteiger partial charge in [0.1, 0.15) is 0 Å². The third-order valence-electron chi connectivity index (χ3n) is 2.78. The van der Waals surface area contributed by atoms with Gasteiger partial charge >= 0.3 is 0 Å². The summed E-state index contributed by atoms with van der Waals surface area (Å²) in [6.45, 7) is 11.0. The number of hydrogen-bond acceptors (Lipinski definition) is 4. The second-order valence-electron chi connectivity index (χ2n) is 3.77. The smallest absolute Gasteiger partial charge is 0.227 e. The molecule has 0 aliphatic carbocycles. The highest BCUT2D eigenvalue weighted by atomic mass is 15.2. The predicted molar refractivity (Wildman–Crippen MR) is 60.7 cm³/mol. The lowest BCUT2D eigenvalue weighted by Crippen LogP contribution is -2.47. The van der Waals surface area contributed by atoms with E-state index in [2.05, 4.69) is 25.0 Å². The molecule has 5 nitrogen and oxygen atoms in total. The fourth-order valence-electron chi connectivity index (χ4n) is 1.97. The Morgan fingerprint density at radius 3 is 3.25 bits per heavy atom. The summed E-state index contributed by atoms with van der Waals surface area (Å²) < 4.78 is 0. The van der Waals surface area contributed by atoms with Crippen molar-refractivity contribution >= 4 is 0 Å². The number of aromatic nitrogens is 2. The van der Waals surface area contributed by atoms with Gasteiger partial charge in [-0.05, 0) is 0 Å². The van der Waals surface area contributed by atoms with Crippen LogP contribution < -0.4 is 5.32 Å². The minimum absolute atomic E-state index is 0.254. The molecule has 1 aliphatic rings. The van der Waals surface area contributed by atoms with E-state index in [4.69, 9.17) is 6.57 Å². The fraction of sp³-hybridized carbons (Fsp3) is 0.545. The van der Waals surface area contributed by atoms with Crippen molar-refractivity contribution < 1.29 is 0 Å². The molecule has 1 saturated heterocycles. The maximum Gasteiger partial charge on any atom is 0.227 e. The van der Waals surface area contributed by atoms with Crippen LogP contribution in [0.2, 0.25) is 0 Å². The van der Waals surface area contributed by atoms with E-state index in [9.17, 15) is 0 Å². The third kappa shape index (κ3) is 2.54. The van der Waals surface area contributed by atoms with Crippen LogP contribution in [0.25, 0.3) is 4.85 Å². The molecular weight excluding hydrogens is 202 g/mol. The zero-order valence-corrected chi connectivity index (χ0v) is 9.13. The molecule has 0 spiro atoms. The van der Waals surface area contributed by atoms with Crippen LogP contribution in [0, 0.1) is 6.57 Å². The summed E-state index contributed by atoms with van der Waals surface area (Å²) in [6, 6.07) is 0.254. The highest BCUT2D eigenvalue weighted by Crippen LogP contribution is 2.18. The molecule has 1 aromatic rings. The molecule has 0 amide bonds. The zero-order valence-electron chi connectivity index (χ0n) is 9.13. The van der Waals surface area contributed by atoms with Crippen molar-refractivity contribution in [2.24, 2.45) is 0 Å². The van der Waals surface area contributed by atoms with Crippen LogP contribution in [0.5, 0.6) is 0 Å². The molecule has 1 aliphatic heterocycles. The van der Waals surface area contributed by atoms with Crippen molar-refractivity contribution in [3.05, 3.63) is 35.7 Å². The lowest BCUT2D eigenvalue weighted by molar-refractivity contribution is 0.166. The molecule has 2 heterocycles. The van der Waals surface area contributed by atoms with Crippen LogP contribution in [-0.2, 0) is 0 Å². The van der Waals surface area contributed by atoms with E-state index in [1.807, 2.05) is 6.20 Å². The maximum absolute atomic E-state index is 6.85. The Balaban J connectivity index is 2.08. The Morgan fingerprint density at radius 2 is 2.50 bits per heavy atom. The van der Waals surface area contributed by atoms with E-state index < -0.39 is 0 Å². The lowest BCUT2D eigenvalue weighted by Gasteiger charge is -2.34. The first-order chi connectivity index (χ1) is 7.92. The average Bonchev–Trinajstić information content (AvgIpc) is 2.38. The molecule has 2 rings (SSSR count). The van der Waals surface area contributed by atoms with Gasteiger partial charge in [-0.1, -0.05) is 0 Å². The molecular formula is C11H15N5. The van der Waals surface area contributed by atoms with Gasteiger partial charge in [0.15, 0.2) is 0 Å². The molecule has 1 unspecified atom stereocenters. The van der Waals surface area contributed by atoms with Gasteiger partial charge in [-0.2, -0.15) is 0 Å². The second kappa shape index (κ2) is 5.54. The standard InChI is InChI=1S/C11H15N5/c1-12-4-6-16-7-5-14-9-11(16)10-8-13-2-3-15-10/h2-3,8,11,14H,4-7,9H2. The SMILES string of the molecule is [C-]#[N+]CCN1CCNCC1c1cnccn1. The Labute approximate surface area is 95.3 Å². The van der Waals surface area contributed by atoms with Crippen LogP contribution in [-0.4, -0.2) is 47.6 Å². The van der Waals surface area contributed by atoms with E-state index >= 15 is 0 Å². The van der Waals surface area contributed by atoms with Gasteiger partial charge < -0.3 is 10.2 Å². The number of nitrogens with one attached hydrogen (secondary N) is 1. The van der Waals surface area contributed by atoms with Crippen molar-refractivity contribution in [2.45, 2.75) is 6.04 Å². The summed E-state index contributed by atoms with van der Waals surface area (Å²) in [5.74, 6) is 0. The highest BCUT2D eigenvalue weighted by Gasteiger charge is 2.24. The van der Waals surface area contributed by atoms with Crippen molar-refractivity contribution in [1.82, 2.24) is 20.2 Å². The van der Waals surface area contributed by atoms with Gasteiger partial charge in [0.25, 0.3) is 0 Å². The van der Waals surface area contributed by atoms with Crippen LogP contribution in [0.3, 0.4) is 0 Å². The predicted octanol–water partition coefficient (Wildman–Crippen LogP) is 0.342. The second-order valence-corrected chi connectivity index (χ2v) is 3.77. The molecule has 0 radical (unpaired) electrons. The van der Waals surface area contributed by atoms with Gasteiger partial charge in [0.2, 0.25) is 6.54 Å². The zero-order chi connectivity index (χ0) is 11.2. The fourth-order valence-corrected chi connectivity index (χ4v) is 1.97. The molecule has 1 fully saturated rings. The average molecular weight is 217 g/mol. The first-order valence-corrected chi connectivity index (χ1v) is 5.45. The summed E-state index contributed by atoms with van der Waals surface area (Å²) in [5.41, 5.74) is 0.986. The van der Waals surface area contributed by atoms with Crippen molar-refractivity contribution in [3.8, 4) is 0 Å². The largest absolute Gasteiger partial charge is 0.316 e. The summed E-state index contributed by atoms with van der Waals surface area (Å²) in [5, 5.41) is 3.35. The van der Waals surface area contributed by atoms with E-state index in [-0.39, 0.29) is 6.04 Å². The van der Waals surface area contributed by atoms with E-state index in [1.54, 1.807) is 12.4 Å². The van der Waals surface area contributed by atoms with Crippen LogP contribution in [0.15, 0.2) is 18.6 Å². The highest BCUT2D eigenvalue weighted by molar-refractivity contribution is 5.05. The van der Waals surface area contributed by atoms with Crippen molar-refractivity contribution in [3.63, 3.8) is 0 Å². The molecule has 0 bridgehead atoms. The minimum atomic E-state index is 0.254. The molecule has 1 N–H and O–H groups in total. The first kappa shape index (κ1) is 11.0. The van der Waals surface area contributed by atoms with Gasteiger partial charge in [-0.25, -0.2) is 6.57 Å². The summed E-state index contributed by atoms with van der Waals surface area (Å²) in [6.07, 6.45) is 5.21. The summed E-state index contributed by atoms with van der Waals surface area (Å²) in [7, 11) is 0. The Bertz CT molecular complexity index is 358. The lowest BCUT2D eigenvalue weighted by atomic mass is 10.1. The van der Waals surface area contributed by atoms with Gasteiger partial charge in [0, 0.05) is 32.0 Å². The van der Waals surface area contributed by atoms with Gasteiger partial charge in [-0.3, -0.25) is 14.9 Å². The summed E-state index contributed by atoms with van der Waals surface area (Å²) >= 11 is 0. The Hall–Kier alpha value is -1.51. The topological polar surface area (TPSA) is 45.4 Å². The van der Waals surface area contributed by atoms with E-state index in [0.717, 1.165) is 31.9 Å². The van der Waals surface area contributed by atoms with Crippen LogP contribution in [0.1, 0.15) is 11.7 Å². The van der Waals surface area contributed by atoms with Crippen LogP contribution >= 0.6 is 0 Å². The molecule has 84 valence electrons. The number of hydrogen-bond donors (Lipinski definition) is 1. The van der Waals surface area contributed by atoms with Crippen LogP contribution in [0.4, 0.5) is 0 Å². The van der Waals surface area contributed by atoms with Crippen molar-refractivity contribution in [2.75, 3.05) is 32.7 Å². The monoisotopic (exact) mass is 217 g/mol. The maximum atomic E-state index is 6.85. The minimum Gasteiger partial charge on any atom is -0.316 e. The number of rotatable bonds is 3. The van der Waals surface area contributed by atoms with Gasteiger partial charge in [-0.15, -0.1) is 0 Å². The number of nitrogens with zero attached hydrogens (tertiary/aromatic N) is 4.